The summed E-state index contributed by atoms with van der Waals surface area (Å²) in [7, 11) is 0. The first-order valence-corrected chi connectivity index (χ1v) is 9.06. The van der Waals surface area contributed by atoms with Crippen molar-refractivity contribution in [2.45, 2.75) is 12.8 Å². The number of hydrogen-bond acceptors (Lipinski definition) is 2. The molecule has 0 fully saturated rings. The van der Waals surface area contributed by atoms with Gasteiger partial charge in [0.2, 0.25) is 0 Å². The topological polar surface area (TPSA) is 46.5 Å². The molecule has 3 aromatic rings. The summed E-state index contributed by atoms with van der Waals surface area (Å²) in [5.41, 5.74) is 5.82. The highest BCUT2D eigenvalue weighted by molar-refractivity contribution is 6.16. The largest absolute Gasteiger partial charge is 0.493 e. The maximum atomic E-state index is 11.9. The fourth-order valence-corrected chi connectivity index (χ4v) is 3.62. The van der Waals surface area contributed by atoms with Gasteiger partial charge in [0.15, 0.2) is 0 Å². The average molecular weight is 356 g/mol. The summed E-state index contributed by atoms with van der Waals surface area (Å²) in [6, 6.07) is 23.7. The highest BCUT2D eigenvalue weighted by Gasteiger charge is 2.23. The molecule has 1 aliphatic carbocycles. The molecule has 0 spiro atoms. The molecule has 3 aromatic carbocycles. The summed E-state index contributed by atoms with van der Waals surface area (Å²) in [4.78, 5) is 11.9. The molecule has 3 nitrogen and oxygen atoms in total. The summed E-state index contributed by atoms with van der Waals surface area (Å²) >= 11 is 0. The second-order valence-electron chi connectivity index (χ2n) is 6.54. The zero-order valence-electron chi connectivity index (χ0n) is 14.9. The molecule has 0 atom stereocenters. The minimum atomic E-state index is -0.904. The standard InChI is InChI=1S/C24H20O3/c25-24(26)22(14-7-15-27-18-9-2-1-3-10-18)21-13-6-12-20-19-11-5-4-8-17(19)16-23(20)21/h1-6,8-14H,7,15-16H2,(H,25,26). The number of carboxylic acid groups (broad SMARTS) is 1. The minimum Gasteiger partial charge on any atom is -0.493 e. The van der Waals surface area contributed by atoms with E-state index in [1.54, 1.807) is 6.08 Å². The molecule has 0 saturated carbocycles. The van der Waals surface area contributed by atoms with E-state index in [4.69, 9.17) is 4.74 Å². The van der Waals surface area contributed by atoms with Crippen molar-refractivity contribution in [1.82, 2.24) is 0 Å². The van der Waals surface area contributed by atoms with Gasteiger partial charge in [0.1, 0.15) is 5.75 Å². The highest BCUT2D eigenvalue weighted by Crippen LogP contribution is 2.40. The van der Waals surface area contributed by atoms with E-state index in [-0.39, 0.29) is 0 Å². The molecule has 0 saturated heterocycles. The molecule has 0 aromatic heterocycles. The second kappa shape index (κ2) is 7.50. The van der Waals surface area contributed by atoms with Crippen molar-refractivity contribution in [3.05, 3.63) is 95.6 Å². The Kier molecular flexibility index (Phi) is 4.75. The first-order valence-electron chi connectivity index (χ1n) is 9.06. The molecule has 0 radical (unpaired) electrons. The highest BCUT2D eigenvalue weighted by atomic mass is 16.5. The van der Waals surface area contributed by atoms with Crippen LogP contribution in [0, 0.1) is 0 Å². The van der Waals surface area contributed by atoms with Crippen LogP contribution in [0.3, 0.4) is 0 Å². The van der Waals surface area contributed by atoms with Crippen molar-refractivity contribution in [3.63, 3.8) is 0 Å². The van der Waals surface area contributed by atoms with Gasteiger partial charge in [-0.1, -0.05) is 66.7 Å². The van der Waals surface area contributed by atoms with Gasteiger partial charge < -0.3 is 9.84 Å². The van der Waals surface area contributed by atoms with Gasteiger partial charge in [0, 0.05) is 6.42 Å². The van der Waals surface area contributed by atoms with Crippen LogP contribution in [0.25, 0.3) is 16.7 Å². The summed E-state index contributed by atoms with van der Waals surface area (Å²) in [5.74, 6) is -0.113. The van der Waals surface area contributed by atoms with Crippen molar-refractivity contribution >= 4 is 11.5 Å². The number of para-hydroxylation sites is 1. The quantitative estimate of drug-likeness (QED) is 0.382. The summed E-state index contributed by atoms with van der Waals surface area (Å²) in [5, 5.41) is 9.78. The van der Waals surface area contributed by atoms with Gasteiger partial charge >= 0.3 is 5.97 Å². The van der Waals surface area contributed by atoms with Crippen molar-refractivity contribution in [3.8, 4) is 16.9 Å². The van der Waals surface area contributed by atoms with Crippen LogP contribution in [0.5, 0.6) is 5.75 Å². The number of carbonyl (C=O) groups is 1. The second-order valence-corrected chi connectivity index (χ2v) is 6.54. The monoisotopic (exact) mass is 356 g/mol. The smallest absolute Gasteiger partial charge is 0.335 e. The van der Waals surface area contributed by atoms with Gasteiger partial charge in [0.05, 0.1) is 12.2 Å². The maximum absolute atomic E-state index is 11.9. The van der Waals surface area contributed by atoms with E-state index in [2.05, 4.69) is 18.2 Å². The number of aliphatic carboxylic acids is 1. The molecule has 0 aliphatic heterocycles. The van der Waals surface area contributed by atoms with Crippen LogP contribution in [0.2, 0.25) is 0 Å². The van der Waals surface area contributed by atoms with Crippen molar-refractivity contribution < 1.29 is 14.6 Å². The van der Waals surface area contributed by atoms with Crippen LogP contribution in [-0.4, -0.2) is 17.7 Å². The first kappa shape index (κ1) is 17.1. The number of rotatable bonds is 6. The summed E-state index contributed by atoms with van der Waals surface area (Å²) < 4.78 is 5.68. The van der Waals surface area contributed by atoms with E-state index in [1.165, 1.54) is 11.1 Å². The molecule has 1 aliphatic rings. The molecule has 134 valence electrons. The Morgan fingerprint density at radius 1 is 0.926 bits per heavy atom. The molecule has 3 heteroatoms. The SMILES string of the molecule is O=C(O)C(=CCCOc1ccccc1)c1cccc2c1Cc1ccccc1-2. The molecule has 0 heterocycles. The van der Waals surface area contributed by atoms with E-state index in [1.807, 2.05) is 54.6 Å². The van der Waals surface area contributed by atoms with E-state index < -0.39 is 5.97 Å². The van der Waals surface area contributed by atoms with Gasteiger partial charge in [-0.05, 0) is 46.4 Å². The third-order valence-electron chi connectivity index (χ3n) is 4.85. The maximum Gasteiger partial charge on any atom is 0.335 e. The number of benzene rings is 3. The Morgan fingerprint density at radius 2 is 1.67 bits per heavy atom. The van der Waals surface area contributed by atoms with Crippen LogP contribution in [0.1, 0.15) is 23.1 Å². The first-order chi connectivity index (χ1) is 13.2. The third kappa shape index (κ3) is 3.49. The molecule has 1 N–H and O–H groups in total. The molecule has 0 unspecified atom stereocenters. The zero-order valence-corrected chi connectivity index (χ0v) is 14.9. The van der Waals surface area contributed by atoms with Crippen LogP contribution >= 0.6 is 0 Å². The lowest BCUT2D eigenvalue weighted by Gasteiger charge is -2.10. The van der Waals surface area contributed by atoms with Crippen LogP contribution < -0.4 is 4.74 Å². The van der Waals surface area contributed by atoms with Crippen molar-refractivity contribution in [1.29, 1.82) is 0 Å². The molecule has 0 amide bonds. The Hall–Kier alpha value is -3.33. The fourth-order valence-electron chi connectivity index (χ4n) is 3.62. The molecular formula is C24H20O3. The number of ether oxygens (including phenoxy) is 1. The van der Waals surface area contributed by atoms with E-state index >= 15 is 0 Å². The van der Waals surface area contributed by atoms with Gasteiger partial charge in [-0.15, -0.1) is 0 Å². The summed E-state index contributed by atoms with van der Waals surface area (Å²) in [6.45, 7) is 0.441. The number of carboxylic acids is 1. The Morgan fingerprint density at radius 3 is 2.48 bits per heavy atom. The predicted molar refractivity (Wildman–Crippen MR) is 107 cm³/mol. The average Bonchev–Trinajstić information content (AvgIpc) is 3.08. The normalized spacial score (nSPS) is 12.4. The molecular weight excluding hydrogens is 336 g/mol. The lowest BCUT2D eigenvalue weighted by molar-refractivity contribution is -0.130. The fraction of sp³-hybridized carbons (Fsp3) is 0.125. The van der Waals surface area contributed by atoms with E-state index in [0.717, 1.165) is 28.9 Å². The van der Waals surface area contributed by atoms with E-state index in [0.29, 0.717) is 18.6 Å². The lowest BCUT2D eigenvalue weighted by Crippen LogP contribution is -2.04. The minimum absolute atomic E-state index is 0.344. The van der Waals surface area contributed by atoms with Crippen molar-refractivity contribution in [2.24, 2.45) is 0 Å². The lowest BCUT2D eigenvalue weighted by atomic mass is 9.95. The van der Waals surface area contributed by atoms with Crippen molar-refractivity contribution in [2.75, 3.05) is 6.61 Å². The Bertz CT molecular complexity index is 1000. The van der Waals surface area contributed by atoms with Crippen LogP contribution in [-0.2, 0) is 11.2 Å². The van der Waals surface area contributed by atoms with Gasteiger partial charge in [-0.3, -0.25) is 0 Å². The van der Waals surface area contributed by atoms with Gasteiger partial charge in [-0.2, -0.15) is 0 Å². The molecule has 27 heavy (non-hydrogen) atoms. The third-order valence-corrected chi connectivity index (χ3v) is 4.85. The van der Waals surface area contributed by atoms with Crippen LogP contribution in [0.4, 0.5) is 0 Å². The van der Waals surface area contributed by atoms with Gasteiger partial charge in [-0.25, -0.2) is 4.79 Å². The predicted octanol–water partition coefficient (Wildman–Crippen LogP) is 5.19. The summed E-state index contributed by atoms with van der Waals surface area (Å²) in [6.07, 6.45) is 3.07. The molecule has 4 rings (SSSR count). The van der Waals surface area contributed by atoms with E-state index in [9.17, 15) is 9.90 Å². The molecule has 0 bridgehead atoms. The Balaban J connectivity index is 1.58. The number of hydrogen-bond donors (Lipinski definition) is 1. The zero-order chi connectivity index (χ0) is 18.6. The van der Waals surface area contributed by atoms with Crippen LogP contribution in [0.15, 0.2) is 78.9 Å². The van der Waals surface area contributed by atoms with Gasteiger partial charge in [0.25, 0.3) is 0 Å². The Labute approximate surface area is 158 Å². The number of fused-ring (bicyclic) bond motifs is 3.